The van der Waals surface area contributed by atoms with Gasteiger partial charge in [0.05, 0.1) is 45.4 Å². The zero-order chi connectivity index (χ0) is 37.7. The number of carbonyl (C=O) groups excluding carboxylic acids is 2. The molecule has 1 aromatic carbocycles. The molecule has 0 saturated heterocycles. The standard InChI is InChI=1S/C42H55FO6S4/c1-6-9-11-13-15-18-22-47-35-29-25-27(4)50-38(29)36(48-23-19-16-14-12-10-7-2)30-26-31(52-39(30)35)40-33-34(43)41(53-37(33)28(5)51-40)42(45)49-24-20-17-21-32(44)46-8-3/h25-26H,6-24H2,1-5H3. The molecule has 0 unspecified atom stereocenters. The van der Waals surface area contributed by atoms with Crippen molar-refractivity contribution in [2.45, 2.75) is 131 Å². The first-order valence-electron chi connectivity index (χ1n) is 19.6. The molecule has 0 radical (unpaired) electrons. The number of carbonyl (C=O) groups is 2. The molecule has 11 heteroatoms. The van der Waals surface area contributed by atoms with Crippen LogP contribution in [0.15, 0.2) is 12.1 Å². The predicted octanol–water partition coefficient (Wildman–Crippen LogP) is 14.2. The monoisotopic (exact) mass is 802 g/mol. The van der Waals surface area contributed by atoms with E-state index in [-0.39, 0.29) is 23.9 Å². The van der Waals surface area contributed by atoms with Gasteiger partial charge in [-0.2, -0.15) is 0 Å². The summed E-state index contributed by atoms with van der Waals surface area (Å²) in [6.07, 6.45) is 15.6. The molecule has 0 N–H and O–H groups in total. The second-order valence-electron chi connectivity index (χ2n) is 13.7. The number of thiophene rings is 4. The van der Waals surface area contributed by atoms with E-state index in [2.05, 4.69) is 32.9 Å². The molecule has 6 nitrogen and oxygen atoms in total. The number of hydrogen-bond donors (Lipinski definition) is 0. The highest BCUT2D eigenvalue weighted by Gasteiger charge is 2.28. The Bertz CT molecular complexity index is 1880. The van der Waals surface area contributed by atoms with Gasteiger partial charge in [0.25, 0.3) is 0 Å². The molecule has 0 spiro atoms. The van der Waals surface area contributed by atoms with Crippen molar-refractivity contribution in [1.82, 2.24) is 0 Å². The maximum Gasteiger partial charge on any atom is 0.351 e. The van der Waals surface area contributed by atoms with Crippen molar-refractivity contribution >= 4 is 87.5 Å². The van der Waals surface area contributed by atoms with Crippen molar-refractivity contribution in [3.05, 3.63) is 32.6 Å². The smallest absolute Gasteiger partial charge is 0.351 e. The van der Waals surface area contributed by atoms with Gasteiger partial charge in [0.15, 0.2) is 5.82 Å². The lowest BCUT2D eigenvalue weighted by Crippen LogP contribution is -2.08. The SMILES string of the molecule is CCCCCCCCOc1c2cc(-c3sc(C)c4sc(C(=O)OCCCCC(=O)OCC)c(F)c34)sc2c(OCCCCCCCC)c2cc(C)sc12. The van der Waals surface area contributed by atoms with E-state index >= 15 is 4.39 Å². The summed E-state index contributed by atoms with van der Waals surface area (Å²) < 4.78 is 42.9. The number of fused-ring (bicyclic) bond motifs is 3. The fourth-order valence-electron chi connectivity index (χ4n) is 6.59. The second-order valence-corrected chi connectivity index (χ2v) is 18.2. The van der Waals surface area contributed by atoms with Gasteiger partial charge in [0, 0.05) is 37.2 Å². The van der Waals surface area contributed by atoms with Crippen molar-refractivity contribution in [1.29, 1.82) is 0 Å². The van der Waals surface area contributed by atoms with Crippen molar-refractivity contribution in [2.24, 2.45) is 0 Å². The van der Waals surface area contributed by atoms with Gasteiger partial charge in [0.2, 0.25) is 0 Å². The minimum absolute atomic E-state index is 0.0134. The van der Waals surface area contributed by atoms with E-state index < -0.39 is 11.8 Å². The summed E-state index contributed by atoms with van der Waals surface area (Å²) in [5, 5.41) is 2.56. The Hall–Kier alpha value is -2.73. The summed E-state index contributed by atoms with van der Waals surface area (Å²) in [6.45, 7) is 12.1. The molecule has 4 aromatic heterocycles. The Balaban J connectivity index is 1.44. The fraction of sp³-hybridized carbons (Fsp3) is 0.571. The largest absolute Gasteiger partial charge is 0.491 e. The number of rotatable bonds is 24. The summed E-state index contributed by atoms with van der Waals surface area (Å²) >= 11 is 6.06. The molecule has 0 aliphatic carbocycles. The van der Waals surface area contributed by atoms with E-state index in [9.17, 15) is 9.59 Å². The van der Waals surface area contributed by atoms with Crippen LogP contribution in [0.3, 0.4) is 0 Å². The Morgan fingerprint density at radius 3 is 1.87 bits per heavy atom. The number of hydrogen-bond acceptors (Lipinski definition) is 10. The van der Waals surface area contributed by atoms with Crippen molar-refractivity contribution in [2.75, 3.05) is 26.4 Å². The summed E-state index contributed by atoms with van der Waals surface area (Å²) in [4.78, 5) is 28.6. The molecule has 5 rings (SSSR count). The number of esters is 2. The highest BCUT2D eigenvalue weighted by molar-refractivity contribution is 7.30. The predicted molar refractivity (Wildman–Crippen MR) is 224 cm³/mol. The van der Waals surface area contributed by atoms with Crippen molar-refractivity contribution in [3.63, 3.8) is 0 Å². The first-order valence-corrected chi connectivity index (χ1v) is 22.8. The lowest BCUT2D eigenvalue weighted by atomic mass is 10.1. The first kappa shape index (κ1) is 41.4. The van der Waals surface area contributed by atoms with Crippen molar-refractivity contribution in [3.8, 4) is 21.3 Å². The van der Waals surface area contributed by atoms with Gasteiger partial charge in [-0.3, -0.25) is 4.79 Å². The molecular formula is C42H55FO6S4. The second kappa shape index (κ2) is 20.8. The van der Waals surface area contributed by atoms with Crippen LogP contribution in [-0.4, -0.2) is 38.4 Å². The molecule has 0 atom stereocenters. The summed E-state index contributed by atoms with van der Waals surface area (Å²) in [5.74, 6) is 0.305. The molecule has 290 valence electrons. The number of aryl methyl sites for hydroxylation is 2. The number of ether oxygens (including phenoxy) is 4. The molecule has 4 heterocycles. The van der Waals surface area contributed by atoms with Crippen LogP contribution in [0.25, 0.3) is 40.0 Å². The van der Waals surface area contributed by atoms with Gasteiger partial charge in [-0.25, -0.2) is 9.18 Å². The molecule has 0 aliphatic rings. The van der Waals surface area contributed by atoms with Gasteiger partial charge in [-0.15, -0.1) is 45.3 Å². The van der Waals surface area contributed by atoms with Crippen LogP contribution in [0, 0.1) is 19.7 Å². The van der Waals surface area contributed by atoms with Crippen LogP contribution in [0.5, 0.6) is 11.5 Å². The number of halogens is 1. The lowest BCUT2D eigenvalue weighted by molar-refractivity contribution is -0.143. The topological polar surface area (TPSA) is 71.1 Å². The zero-order valence-corrected chi connectivity index (χ0v) is 35.3. The molecule has 0 amide bonds. The van der Waals surface area contributed by atoms with Gasteiger partial charge in [0.1, 0.15) is 16.4 Å². The van der Waals surface area contributed by atoms with Gasteiger partial charge in [-0.05, 0) is 58.6 Å². The average molecular weight is 803 g/mol. The van der Waals surface area contributed by atoms with E-state index in [1.54, 1.807) is 40.9 Å². The zero-order valence-electron chi connectivity index (χ0n) is 32.1. The quantitative estimate of drug-likeness (QED) is 0.0457. The molecule has 5 aromatic rings. The molecule has 0 bridgehead atoms. The highest BCUT2D eigenvalue weighted by Crippen LogP contribution is 2.54. The Kier molecular flexibility index (Phi) is 16.3. The summed E-state index contributed by atoms with van der Waals surface area (Å²) in [6, 6.07) is 4.36. The van der Waals surface area contributed by atoms with Crippen LogP contribution < -0.4 is 9.47 Å². The average Bonchev–Trinajstić information content (AvgIpc) is 3.91. The molecule has 0 saturated carbocycles. The van der Waals surface area contributed by atoms with Crippen LogP contribution in [0.4, 0.5) is 4.39 Å². The van der Waals surface area contributed by atoms with Gasteiger partial charge >= 0.3 is 11.9 Å². The Morgan fingerprint density at radius 1 is 0.642 bits per heavy atom. The third-order valence-corrected chi connectivity index (χ3v) is 14.2. The van der Waals surface area contributed by atoms with Gasteiger partial charge in [-0.1, -0.05) is 78.1 Å². The van der Waals surface area contributed by atoms with Crippen LogP contribution in [0.1, 0.15) is 137 Å². The normalized spacial score (nSPS) is 11.7. The van der Waals surface area contributed by atoms with Gasteiger partial charge < -0.3 is 18.9 Å². The minimum atomic E-state index is -0.669. The molecule has 0 aliphatic heterocycles. The summed E-state index contributed by atoms with van der Waals surface area (Å²) in [7, 11) is 0. The van der Waals surface area contributed by atoms with E-state index in [1.165, 1.54) is 56.2 Å². The fourth-order valence-corrected chi connectivity index (χ4v) is 11.2. The van der Waals surface area contributed by atoms with E-state index in [4.69, 9.17) is 18.9 Å². The Labute approximate surface area is 330 Å². The lowest BCUT2D eigenvalue weighted by Gasteiger charge is -2.14. The maximum atomic E-state index is 16.3. The van der Waals surface area contributed by atoms with E-state index in [0.29, 0.717) is 38.0 Å². The van der Waals surface area contributed by atoms with Crippen LogP contribution in [0.2, 0.25) is 0 Å². The first-order chi connectivity index (χ1) is 25.8. The molecule has 53 heavy (non-hydrogen) atoms. The van der Waals surface area contributed by atoms with Crippen LogP contribution in [-0.2, 0) is 14.3 Å². The van der Waals surface area contributed by atoms with E-state index in [0.717, 1.165) is 88.0 Å². The highest BCUT2D eigenvalue weighted by atomic mass is 32.1. The number of benzene rings is 1. The van der Waals surface area contributed by atoms with Crippen LogP contribution >= 0.6 is 45.3 Å². The third kappa shape index (κ3) is 10.5. The minimum Gasteiger partial charge on any atom is -0.491 e. The van der Waals surface area contributed by atoms with Crippen molar-refractivity contribution < 1.29 is 32.9 Å². The third-order valence-electron chi connectivity index (χ3n) is 9.35. The molecule has 0 fully saturated rings. The summed E-state index contributed by atoms with van der Waals surface area (Å²) in [5.41, 5.74) is 0. The number of unbranched alkanes of at least 4 members (excludes halogenated alkanes) is 11. The maximum absolute atomic E-state index is 16.3. The molecular weight excluding hydrogens is 748 g/mol. The van der Waals surface area contributed by atoms with E-state index in [1.807, 2.05) is 6.92 Å². The Morgan fingerprint density at radius 2 is 1.23 bits per heavy atom.